The van der Waals surface area contributed by atoms with Crippen LogP contribution in [0.1, 0.15) is 32.8 Å². The van der Waals surface area contributed by atoms with Crippen LogP contribution in [0.25, 0.3) is 6.08 Å². The van der Waals surface area contributed by atoms with Crippen molar-refractivity contribution in [3.05, 3.63) is 68.6 Å². The molecule has 1 aromatic heterocycles. The monoisotopic (exact) mass is 407 g/mol. The predicted molar refractivity (Wildman–Crippen MR) is 121 cm³/mol. The van der Waals surface area contributed by atoms with Crippen molar-refractivity contribution in [2.24, 2.45) is 0 Å². The van der Waals surface area contributed by atoms with Gasteiger partial charge in [0.15, 0.2) is 0 Å². The summed E-state index contributed by atoms with van der Waals surface area (Å²) in [5.74, 6) is 0.757. The van der Waals surface area contributed by atoms with Crippen LogP contribution in [-0.4, -0.2) is 27.2 Å². The van der Waals surface area contributed by atoms with Crippen LogP contribution in [0.3, 0.4) is 0 Å². The van der Waals surface area contributed by atoms with Crippen LogP contribution in [0.15, 0.2) is 52.2 Å². The molecular formula is C22H25N5O3. The average molecular weight is 407 g/mol. The van der Waals surface area contributed by atoms with E-state index in [-0.39, 0.29) is 23.5 Å². The largest absolute Gasteiger partial charge is 0.396 e. The van der Waals surface area contributed by atoms with Gasteiger partial charge in [0.05, 0.1) is 0 Å². The summed E-state index contributed by atoms with van der Waals surface area (Å²) in [4.78, 5) is 32.4. The molecular weight excluding hydrogens is 382 g/mol. The molecule has 3 rings (SSSR count). The summed E-state index contributed by atoms with van der Waals surface area (Å²) in [5, 5.41) is 17.9. The lowest BCUT2D eigenvalue weighted by Crippen LogP contribution is -2.41. The summed E-state index contributed by atoms with van der Waals surface area (Å²) in [5.41, 5.74) is 0.841. The SMILES string of the molecule is CC(C)(C)Nc1c(Nc2ccnc(Nc3ccc(/C=C/CCO)cc3)n2)c(=O)c1=O. The maximum atomic E-state index is 12.0. The standard InChI is InChI=1S/C22H25N5O3/c1-22(2,3)27-18-17(19(29)20(18)30)25-16-11-12-23-21(26-16)24-15-9-7-14(8-10-15)6-4-5-13-28/h4,6-12,27-28H,5,13H2,1-3H3,(H2,23,24,25,26)/b6-4+. The molecule has 0 saturated heterocycles. The van der Waals surface area contributed by atoms with Gasteiger partial charge in [0.1, 0.15) is 17.2 Å². The van der Waals surface area contributed by atoms with Gasteiger partial charge in [-0.2, -0.15) is 4.98 Å². The van der Waals surface area contributed by atoms with Crippen molar-refractivity contribution >= 4 is 34.9 Å². The molecule has 0 amide bonds. The van der Waals surface area contributed by atoms with E-state index < -0.39 is 10.9 Å². The second-order valence-electron chi connectivity index (χ2n) is 7.84. The first-order chi connectivity index (χ1) is 14.3. The van der Waals surface area contributed by atoms with E-state index in [4.69, 9.17) is 5.11 Å². The number of hydrogen-bond donors (Lipinski definition) is 4. The molecule has 0 aliphatic carbocycles. The summed E-state index contributed by atoms with van der Waals surface area (Å²) in [6.07, 6.45) is 6.02. The van der Waals surface area contributed by atoms with Crippen molar-refractivity contribution < 1.29 is 5.11 Å². The van der Waals surface area contributed by atoms with Gasteiger partial charge < -0.3 is 21.1 Å². The molecule has 8 nitrogen and oxygen atoms in total. The quantitative estimate of drug-likeness (QED) is 0.421. The highest BCUT2D eigenvalue weighted by molar-refractivity contribution is 5.78. The molecule has 4 N–H and O–H groups in total. The molecule has 0 radical (unpaired) electrons. The van der Waals surface area contributed by atoms with Crippen molar-refractivity contribution in [2.75, 3.05) is 22.6 Å². The Balaban J connectivity index is 1.71. The highest BCUT2D eigenvalue weighted by Gasteiger charge is 2.25. The second kappa shape index (κ2) is 8.87. The van der Waals surface area contributed by atoms with Crippen molar-refractivity contribution in [3.8, 4) is 0 Å². The van der Waals surface area contributed by atoms with Gasteiger partial charge in [-0.1, -0.05) is 24.3 Å². The van der Waals surface area contributed by atoms with Crippen molar-refractivity contribution in [1.29, 1.82) is 0 Å². The van der Waals surface area contributed by atoms with E-state index in [0.29, 0.717) is 18.2 Å². The van der Waals surface area contributed by atoms with Crippen LogP contribution in [-0.2, 0) is 0 Å². The first-order valence-electron chi connectivity index (χ1n) is 9.63. The maximum absolute atomic E-state index is 12.0. The summed E-state index contributed by atoms with van der Waals surface area (Å²) >= 11 is 0. The topological polar surface area (TPSA) is 116 Å². The zero-order valence-electron chi connectivity index (χ0n) is 17.2. The Morgan fingerprint density at radius 1 is 1.00 bits per heavy atom. The molecule has 0 aliphatic rings. The number of aliphatic hydroxyl groups excluding tert-OH is 1. The Kier molecular flexibility index (Phi) is 6.27. The molecule has 1 heterocycles. The van der Waals surface area contributed by atoms with E-state index in [1.807, 2.05) is 57.2 Å². The fourth-order valence-corrected chi connectivity index (χ4v) is 2.72. The number of hydrogen-bond acceptors (Lipinski definition) is 8. The summed E-state index contributed by atoms with van der Waals surface area (Å²) in [7, 11) is 0. The Bertz CT molecular complexity index is 1110. The van der Waals surface area contributed by atoms with E-state index in [1.165, 1.54) is 0 Å². The van der Waals surface area contributed by atoms with Crippen molar-refractivity contribution in [2.45, 2.75) is 32.7 Å². The summed E-state index contributed by atoms with van der Waals surface area (Å²) in [6.45, 7) is 5.86. The van der Waals surface area contributed by atoms with Crippen LogP contribution in [0.2, 0.25) is 0 Å². The van der Waals surface area contributed by atoms with Gasteiger partial charge >= 0.3 is 0 Å². The highest BCUT2D eigenvalue weighted by atomic mass is 16.2. The van der Waals surface area contributed by atoms with Gasteiger partial charge in [0.25, 0.3) is 10.9 Å². The van der Waals surface area contributed by atoms with Gasteiger partial charge in [-0.15, -0.1) is 0 Å². The fourth-order valence-electron chi connectivity index (χ4n) is 2.72. The molecule has 3 aromatic rings. The smallest absolute Gasteiger partial charge is 0.253 e. The minimum atomic E-state index is -0.570. The van der Waals surface area contributed by atoms with Crippen LogP contribution < -0.4 is 26.8 Å². The predicted octanol–water partition coefficient (Wildman–Crippen LogP) is 3.17. The maximum Gasteiger partial charge on any atom is 0.253 e. The van der Waals surface area contributed by atoms with Crippen LogP contribution in [0.4, 0.5) is 28.8 Å². The molecule has 0 bridgehead atoms. The fraction of sp³-hybridized carbons (Fsp3) is 0.273. The second-order valence-corrected chi connectivity index (χ2v) is 7.84. The molecule has 2 aromatic carbocycles. The van der Waals surface area contributed by atoms with E-state index in [0.717, 1.165) is 11.3 Å². The number of anilines is 5. The lowest BCUT2D eigenvalue weighted by atomic mass is 10.1. The van der Waals surface area contributed by atoms with Crippen molar-refractivity contribution in [3.63, 3.8) is 0 Å². The minimum Gasteiger partial charge on any atom is -0.396 e. The normalized spacial score (nSPS) is 11.7. The van der Waals surface area contributed by atoms with Gasteiger partial charge in [0, 0.05) is 24.0 Å². The Morgan fingerprint density at radius 3 is 2.37 bits per heavy atom. The molecule has 0 unspecified atom stereocenters. The van der Waals surface area contributed by atoms with E-state index in [1.54, 1.807) is 12.3 Å². The number of aliphatic hydroxyl groups is 1. The molecule has 30 heavy (non-hydrogen) atoms. The molecule has 0 spiro atoms. The van der Waals surface area contributed by atoms with Gasteiger partial charge in [0.2, 0.25) is 5.95 Å². The summed E-state index contributed by atoms with van der Waals surface area (Å²) < 4.78 is 0. The third-order valence-corrected chi connectivity index (χ3v) is 4.09. The zero-order chi connectivity index (χ0) is 21.7. The van der Waals surface area contributed by atoms with Crippen molar-refractivity contribution in [1.82, 2.24) is 9.97 Å². The molecule has 0 atom stereocenters. The minimum absolute atomic E-state index is 0.127. The van der Waals surface area contributed by atoms with Gasteiger partial charge in [-0.3, -0.25) is 9.59 Å². The van der Waals surface area contributed by atoms with E-state index >= 15 is 0 Å². The van der Waals surface area contributed by atoms with Crippen LogP contribution in [0.5, 0.6) is 0 Å². The van der Waals surface area contributed by atoms with Gasteiger partial charge in [-0.25, -0.2) is 4.98 Å². The van der Waals surface area contributed by atoms with Crippen LogP contribution >= 0.6 is 0 Å². The van der Waals surface area contributed by atoms with E-state index in [9.17, 15) is 9.59 Å². The first-order valence-corrected chi connectivity index (χ1v) is 9.63. The third kappa shape index (κ3) is 5.30. The Labute approximate surface area is 174 Å². The zero-order valence-corrected chi connectivity index (χ0v) is 17.2. The number of aromatic nitrogens is 2. The summed E-state index contributed by atoms with van der Waals surface area (Å²) in [6, 6.07) is 9.28. The average Bonchev–Trinajstić information content (AvgIpc) is 2.71. The lowest BCUT2D eigenvalue weighted by molar-refractivity contribution is 0.303. The highest BCUT2D eigenvalue weighted by Crippen LogP contribution is 2.23. The molecule has 0 fully saturated rings. The molecule has 0 aliphatic heterocycles. The van der Waals surface area contributed by atoms with E-state index in [2.05, 4.69) is 25.9 Å². The molecule has 8 heteroatoms. The number of rotatable bonds is 8. The number of nitrogens with zero attached hydrogens (tertiary/aromatic N) is 2. The van der Waals surface area contributed by atoms with Crippen LogP contribution in [0, 0.1) is 0 Å². The third-order valence-electron chi connectivity index (χ3n) is 4.09. The Hall–Kier alpha value is -3.52. The lowest BCUT2D eigenvalue weighted by Gasteiger charge is -2.24. The number of benzene rings is 1. The molecule has 0 saturated carbocycles. The Morgan fingerprint density at radius 2 is 1.70 bits per heavy atom. The van der Waals surface area contributed by atoms with Gasteiger partial charge in [-0.05, 0) is 51.0 Å². The first kappa shape index (κ1) is 21.2. The molecule has 156 valence electrons. The number of nitrogens with one attached hydrogen (secondary N) is 3.